The van der Waals surface area contributed by atoms with Gasteiger partial charge in [-0.15, -0.1) is 11.3 Å². The molecule has 3 nitrogen and oxygen atoms in total. The second kappa shape index (κ2) is 5.09. The maximum Gasteiger partial charge on any atom is 0.148 e. The van der Waals surface area contributed by atoms with Gasteiger partial charge in [-0.25, -0.2) is 8.42 Å². The van der Waals surface area contributed by atoms with E-state index in [0.717, 1.165) is 6.54 Å². The number of nitrogens with zero attached hydrogens (tertiary/aromatic N) is 1. The van der Waals surface area contributed by atoms with E-state index < -0.39 is 9.84 Å². The Morgan fingerprint density at radius 2 is 2.13 bits per heavy atom. The molecule has 0 N–H and O–H groups in total. The van der Waals surface area contributed by atoms with Crippen LogP contribution in [0, 0.1) is 6.92 Å². The molecule has 0 unspecified atom stereocenters. The van der Waals surface area contributed by atoms with E-state index in [1.54, 1.807) is 11.3 Å². The second-order valence-corrected chi connectivity index (χ2v) is 7.15. The van der Waals surface area contributed by atoms with E-state index >= 15 is 0 Å². The highest BCUT2D eigenvalue weighted by Crippen LogP contribution is 2.16. The van der Waals surface area contributed by atoms with Crippen molar-refractivity contribution >= 4 is 21.2 Å². The van der Waals surface area contributed by atoms with Crippen LogP contribution in [-0.2, 0) is 16.4 Å². The molecule has 1 aromatic rings. The molecular weight excluding hydrogens is 230 g/mol. The summed E-state index contributed by atoms with van der Waals surface area (Å²) in [5.74, 6) is 0.230. The van der Waals surface area contributed by atoms with Crippen molar-refractivity contribution in [3.63, 3.8) is 0 Å². The Labute approximate surface area is 95.6 Å². The van der Waals surface area contributed by atoms with Crippen LogP contribution in [0.5, 0.6) is 0 Å². The fourth-order valence-electron chi connectivity index (χ4n) is 1.21. The van der Waals surface area contributed by atoms with Crippen molar-refractivity contribution in [1.29, 1.82) is 0 Å². The zero-order valence-corrected chi connectivity index (χ0v) is 11.0. The van der Waals surface area contributed by atoms with Crippen LogP contribution in [0.25, 0.3) is 0 Å². The minimum atomic E-state index is -2.85. The number of aryl methyl sites for hydroxylation is 1. The molecule has 0 atom stereocenters. The van der Waals surface area contributed by atoms with Crippen molar-refractivity contribution in [2.75, 3.05) is 25.6 Å². The van der Waals surface area contributed by atoms with Gasteiger partial charge in [-0.2, -0.15) is 0 Å². The van der Waals surface area contributed by atoms with Crippen LogP contribution in [0.2, 0.25) is 0 Å². The Morgan fingerprint density at radius 3 is 2.60 bits per heavy atom. The Hall–Kier alpha value is -0.390. The smallest absolute Gasteiger partial charge is 0.148 e. The summed E-state index contributed by atoms with van der Waals surface area (Å²) < 4.78 is 22.0. The average Bonchev–Trinajstić information content (AvgIpc) is 2.47. The Balaban J connectivity index is 2.43. The third-order valence-corrected chi connectivity index (χ3v) is 4.16. The van der Waals surface area contributed by atoms with Gasteiger partial charge < -0.3 is 4.90 Å². The molecule has 0 spiro atoms. The molecule has 1 heterocycles. The molecule has 0 bridgehead atoms. The maximum absolute atomic E-state index is 11.0. The fourth-order valence-corrected chi connectivity index (χ4v) is 2.84. The zero-order chi connectivity index (χ0) is 11.5. The third-order valence-electron chi connectivity index (χ3n) is 2.23. The summed E-state index contributed by atoms with van der Waals surface area (Å²) in [5, 5.41) is 2.06. The van der Waals surface area contributed by atoms with Gasteiger partial charge >= 0.3 is 0 Å². The van der Waals surface area contributed by atoms with Gasteiger partial charge in [-0.3, -0.25) is 0 Å². The Bertz CT molecular complexity index is 409. The quantitative estimate of drug-likeness (QED) is 0.792. The van der Waals surface area contributed by atoms with Gasteiger partial charge in [-0.05, 0) is 31.0 Å². The van der Waals surface area contributed by atoms with Crippen molar-refractivity contribution < 1.29 is 8.42 Å². The van der Waals surface area contributed by atoms with Gasteiger partial charge in [0, 0.05) is 24.2 Å². The van der Waals surface area contributed by atoms with E-state index in [1.807, 2.05) is 11.9 Å². The number of thiophene rings is 1. The maximum atomic E-state index is 11.0. The normalized spacial score (nSPS) is 12.3. The van der Waals surface area contributed by atoms with Crippen LogP contribution in [0.1, 0.15) is 10.4 Å². The first-order chi connectivity index (χ1) is 6.88. The first-order valence-corrected chi connectivity index (χ1v) is 7.72. The number of rotatable bonds is 5. The van der Waals surface area contributed by atoms with Crippen LogP contribution >= 0.6 is 11.3 Å². The van der Waals surface area contributed by atoms with Gasteiger partial charge in [0.1, 0.15) is 9.84 Å². The summed E-state index contributed by atoms with van der Waals surface area (Å²) in [6.07, 6.45) is 1.28. The lowest BCUT2D eigenvalue weighted by Crippen LogP contribution is -2.24. The highest BCUT2D eigenvalue weighted by Gasteiger charge is 2.07. The molecule has 5 heteroatoms. The Kier molecular flexibility index (Phi) is 4.31. The van der Waals surface area contributed by atoms with Crippen molar-refractivity contribution in [3.05, 3.63) is 21.9 Å². The molecule has 0 saturated heterocycles. The van der Waals surface area contributed by atoms with Crippen molar-refractivity contribution in [1.82, 2.24) is 4.90 Å². The van der Waals surface area contributed by atoms with Crippen LogP contribution in [0.3, 0.4) is 0 Å². The molecule has 0 aliphatic carbocycles. The summed E-state index contributed by atoms with van der Waals surface area (Å²) >= 11 is 1.72. The van der Waals surface area contributed by atoms with E-state index in [9.17, 15) is 8.42 Å². The van der Waals surface area contributed by atoms with Crippen LogP contribution in [0.4, 0.5) is 0 Å². The van der Waals surface area contributed by atoms with E-state index in [1.165, 1.54) is 16.7 Å². The SMILES string of the molecule is Cc1ccsc1CN(C)CCS(C)(=O)=O. The lowest BCUT2D eigenvalue weighted by Gasteiger charge is -2.15. The molecule has 1 rings (SSSR count). The molecular formula is C10H17NO2S2. The third kappa shape index (κ3) is 4.77. The Morgan fingerprint density at radius 1 is 1.47 bits per heavy atom. The van der Waals surface area contributed by atoms with E-state index in [-0.39, 0.29) is 5.75 Å². The first-order valence-electron chi connectivity index (χ1n) is 4.78. The lowest BCUT2D eigenvalue weighted by atomic mass is 10.3. The monoisotopic (exact) mass is 247 g/mol. The van der Waals surface area contributed by atoms with Crippen molar-refractivity contribution in [3.8, 4) is 0 Å². The largest absolute Gasteiger partial charge is 0.300 e. The summed E-state index contributed by atoms with van der Waals surface area (Å²) in [7, 11) is -0.898. The highest BCUT2D eigenvalue weighted by molar-refractivity contribution is 7.90. The van der Waals surface area contributed by atoms with Gasteiger partial charge in [0.25, 0.3) is 0 Å². The van der Waals surface area contributed by atoms with E-state index in [4.69, 9.17) is 0 Å². The molecule has 0 radical (unpaired) electrons. The summed E-state index contributed by atoms with van der Waals surface area (Å²) in [6, 6.07) is 2.09. The number of hydrogen-bond donors (Lipinski definition) is 0. The molecule has 0 aromatic carbocycles. The predicted octanol–water partition coefficient (Wildman–Crippen LogP) is 1.53. The minimum Gasteiger partial charge on any atom is -0.300 e. The van der Waals surface area contributed by atoms with Crippen LogP contribution in [-0.4, -0.2) is 38.9 Å². The molecule has 0 fully saturated rings. The lowest BCUT2D eigenvalue weighted by molar-refractivity contribution is 0.349. The summed E-state index contributed by atoms with van der Waals surface area (Å²) in [4.78, 5) is 3.35. The summed E-state index contributed by atoms with van der Waals surface area (Å²) in [5.41, 5.74) is 1.28. The molecule has 15 heavy (non-hydrogen) atoms. The van der Waals surface area contributed by atoms with Crippen LogP contribution < -0.4 is 0 Å². The topological polar surface area (TPSA) is 37.4 Å². The number of hydrogen-bond acceptors (Lipinski definition) is 4. The molecule has 0 saturated carbocycles. The highest BCUT2D eigenvalue weighted by atomic mass is 32.2. The summed E-state index contributed by atoms with van der Waals surface area (Å²) in [6.45, 7) is 3.51. The van der Waals surface area contributed by atoms with Gasteiger partial charge in [-0.1, -0.05) is 0 Å². The number of sulfone groups is 1. The second-order valence-electron chi connectivity index (χ2n) is 3.89. The molecule has 0 aliphatic heterocycles. The van der Waals surface area contributed by atoms with Gasteiger partial charge in [0.2, 0.25) is 0 Å². The molecule has 1 aromatic heterocycles. The molecule has 0 amide bonds. The predicted molar refractivity (Wildman–Crippen MR) is 65.1 cm³/mol. The molecule has 86 valence electrons. The minimum absolute atomic E-state index is 0.230. The fraction of sp³-hybridized carbons (Fsp3) is 0.600. The van der Waals surface area contributed by atoms with Gasteiger partial charge in [0.05, 0.1) is 5.75 Å². The van der Waals surface area contributed by atoms with Crippen LogP contribution in [0.15, 0.2) is 11.4 Å². The molecule has 0 aliphatic rings. The average molecular weight is 247 g/mol. The standard InChI is InChI=1S/C10H17NO2S2/c1-9-4-6-14-10(9)8-11(2)5-7-15(3,12)13/h4,6H,5,7-8H2,1-3H3. The first kappa shape index (κ1) is 12.7. The van der Waals surface area contributed by atoms with Crippen molar-refractivity contribution in [2.24, 2.45) is 0 Å². The van der Waals surface area contributed by atoms with E-state index in [2.05, 4.69) is 18.4 Å². The van der Waals surface area contributed by atoms with Gasteiger partial charge in [0.15, 0.2) is 0 Å². The van der Waals surface area contributed by atoms with Crippen molar-refractivity contribution in [2.45, 2.75) is 13.5 Å². The van der Waals surface area contributed by atoms with E-state index in [0.29, 0.717) is 6.54 Å². The zero-order valence-electron chi connectivity index (χ0n) is 9.36.